The molecule has 33 heavy (non-hydrogen) atoms. The first-order valence-electron chi connectivity index (χ1n) is 13.7. The van der Waals surface area contributed by atoms with E-state index in [0.717, 1.165) is 57.7 Å². The van der Waals surface area contributed by atoms with E-state index in [9.17, 15) is 15.0 Å². The zero-order valence-electron chi connectivity index (χ0n) is 22.2. The monoisotopic (exact) mass is 456 g/mol. The molecule has 9 atom stereocenters. The van der Waals surface area contributed by atoms with Crippen LogP contribution >= 0.6 is 0 Å². The fourth-order valence-corrected chi connectivity index (χ4v) is 10.6. The van der Waals surface area contributed by atoms with Gasteiger partial charge in [0, 0.05) is 0 Å². The van der Waals surface area contributed by atoms with Crippen molar-refractivity contribution in [3.05, 3.63) is 11.6 Å². The number of aliphatic hydroxyl groups is 2. The second kappa shape index (κ2) is 6.96. The number of hydrogen-bond acceptors (Lipinski definition) is 3. The fraction of sp³-hybridized carbons (Fsp3) is 0.900. The Balaban J connectivity index is 1.62. The summed E-state index contributed by atoms with van der Waals surface area (Å²) in [5.41, 5.74) is 1.31. The first kappa shape index (κ1) is 24.0. The summed E-state index contributed by atoms with van der Waals surface area (Å²) < 4.78 is 0. The van der Waals surface area contributed by atoms with Gasteiger partial charge in [0.05, 0.1) is 17.6 Å². The molecule has 2 N–H and O–H groups in total. The summed E-state index contributed by atoms with van der Waals surface area (Å²) in [6.07, 6.45) is 11.9. The molecule has 3 heteroatoms. The highest BCUT2D eigenvalue weighted by Crippen LogP contribution is 2.75. The maximum absolute atomic E-state index is 12.6. The van der Waals surface area contributed by atoms with Crippen molar-refractivity contribution in [1.82, 2.24) is 0 Å². The predicted molar refractivity (Wildman–Crippen MR) is 132 cm³/mol. The molecule has 0 aromatic rings. The largest absolute Gasteiger partial charge is 0.393 e. The highest BCUT2D eigenvalue weighted by atomic mass is 16.3. The van der Waals surface area contributed by atoms with Crippen LogP contribution in [0.2, 0.25) is 0 Å². The van der Waals surface area contributed by atoms with Crippen molar-refractivity contribution in [3.63, 3.8) is 0 Å². The summed E-state index contributed by atoms with van der Waals surface area (Å²) in [5, 5.41) is 22.5. The third-order valence-electron chi connectivity index (χ3n) is 13.0. The second-order valence-corrected chi connectivity index (χ2v) is 15.0. The molecule has 0 aromatic heterocycles. The molecule has 3 nitrogen and oxygen atoms in total. The molecule has 0 spiro atoms. The molecular weight excluding hydrogens is 408 g/mol. The minimum atomic E-state index is -0.595. The van der Waals surface area contributed by atoms with Crippen molar-refractivity contribution in [2.45, 2.75) is 118 Å². The van der Waals surface area contributed by atoms with Gasteiger partial charge in [-0.2, -0.15) is 0 Å². The highest BCUT2D eigenvalue weighted by molar-refractivity contribution is 5.64. The van der Waals surface area contributed by atoms with Crippen molar-refractivity contribution in [1.29, 1.82) is 0 Å². The van der Waals surface area contributed by atoms with Crippen LogP contribution in [0.3, 0.4) is 0 Å². The Hall–Kier alpha value is -0.670. The SMILES string of the molecule is CC1(C)CCC2(C=O)C(O)CC3(C)C(=CCC4C5(C)CCC(O)C(C)(C)C5CCC43C)C2C1. The van der Waals surface area contributed by atoms with E-state index >= 15 is 0 Å². The summed E-state index contributed by atoms with van der Waals surface area (Å²) in [6, 6.07) is 0. The Morgan fingerprint density at radius 2 is 1.55 bits per heavy atom. The smallest absolute Gasteiger partial charge is 0.129 e. The standard InChI is InChI=1S/C30H48O3/c1-25(2)14-15-30(18-31)20(16-25)19-8-9-22-27(5)12-11-23(32)26(3,4)21(27)10-13-28(22,6)29(19,7)17-24(30)33/h8,18,20-24,32-33H,9-17H2,1-7H3. The van der Waals surface area contributed by atoms with Crippen molar-refractivity contribution < 1.29 is 15.0 Å². The molecular formula is C30H48O3. The van der Waals surface area contributed by atoms with Gasteiger partial charge in [-0.05, 0) is 103 Å². The van der Waals surface area contributed by atoms with Gasteiger partial charge in [0.1, 0.15) is 6.29 Å². The molecule has 0 amide bonds. The van der Waals surface area contributed by atoms with Crippen LogP contribution in [0.15, 0.2) is 11.6 Å². The van der Waals surface area contributed by atoms with Gasteiger partial charge in [-0.25, -0.2) is 0 Å². The number of carbonyl (C=O) groups is 1. The average Bonchev–Trinajstić information content (AvgIpc) is 2.71. The fourth-order valence-electron chi connectivity index (χ4n) is 10.6. The first-order valence-corrected chi connectivity index (χ1v) is 13.7. The van der Waals surface area contributed by atoms with Crippen LogP contribution in [0.5, 0.6) is 0 Å². The molecule has 9 unspecified atom stereocenters. The maximum Gasteiger partial charge on any atom is 0.129 e. The number of hydrogen-bond donors (Lipinski definition) is 2. The second-order valence-electron chi connectivity index (χ2n) is 15.0. The number of fused-ring (bicyclic) bond motifs is 7. The number of carbonyl (C=O) groups excluding carboxylic acids is 1. The van der Waals surface area contributed by atoms with Crippen LogP contribution in [0, 0.1) is 50.2 Å². The lowest BCUT2D eigenvalue weighted by Gasteiger charge is -2.71. The van der Waals surface area contributed by atoms with Gasteiger partial charge in [0.15, 0.2) is 0 Å². The van der Waals surface area contributed by atoms with Crippen molar-refractivity contribution in [3.8, 4) is 0 Å². The summed E-state index contributed by atoms with van der Waals surface area (Å²) >= 11 is 0. The van der Waals surface area contributed by atoms with Gasteiger partial charge in [-0.15, -0.1) is 0 Å². The van der Waals surface area contributed by atoms with E-state index in [-0.39, 0.29) is 39.1 Å². The number of aliphatic hydroxyl groups excluding tert-OH is 2. The van der Waals surface area contributed by atoms with E-state index in [1.54, 1.807) is 0 Å². The van der Waals surface area contributed by atoms with Crippen LogP contribution in [-0.4, -0.2) is 28.7 Å². The molecule has 5 rings (SSSR count). The minimum absolute atomic E-state index is 0.0502. The highest BCUT2D eigenvalue weighted by Gasteiger charge is 2.69. The molecule has 0 aliphatic heterocycles. The summed E-state index contributed by atoms with van der Waals surface area (Å²) in [6.45, 7) is 16.8. The topological polar surface area (TPSA) is 57.5 Å². The number of allylic oxidation sites excluding steroid dienone is 2. The molecule has 186 valence electrons. The Kier molecular flexibility index (Phi) is 5.07. The van der Waals surface area contributed by atoms with Gasteiger partial charge >= 0.3 is 0 Å². The minimum Gasteiger partial charge on any atom is -0.393 e. The predicted octanol–water partition coefficient (Wildman–Crippen LogP) is 6.32. The summed E-state index contributed by atoms with van der Waals surface area (Å²) in [7, 11) is 0. The van der Waals surface area contributed by atoms with E-state index in [0.29, 0.717) is 18.3 Å². The van der Waals surface area contributed by atoms with Gasteiger partial charge in [-0.1, -0.05) is 60.1 Å². The van der Waals surface area contributed by atoms with Gasteiger partial charge in [-0.3, -0.25) is 0 Å². The molecule has 0 bridgehead atoms. The van der Waals surface area contributed by atoms with Crippen LogP contribution in [-0.2, 0) is 4.79 Å². The Morgan fingerprint density at radius 3 is 2.21 bits per heavy atom. The van der Waals surface area contributed by atoms with E-state index in [1.807, 2.05) is 0 Å². The van der Waals surface area contributed by atoms with E-state index in [1.165, 1.54) is 5.57 Å². The third kappa shape index (κ3) is 2.85. The first-order chi connectivity index (χ1) is 15.2. The summed E-state index contributed by atoms with van der Waals surface area (Å²) in [5.74, 6) is 1.25. The van der Waals surface area contributed by atoms with Crippen LogP contribution in [0.1, 0.15) is 106 Å². The molecule has 4 saturated carbocycles. The van der Waals surface area contributed by atoms with Crippen molar-refractivity contribution in [2.75, 3.05) is 0 Å². The quantitative estimate of drug-likeness (QED) is 0.359. The van der Waals surface area contributed by atoms with Crippen molar-refractivity contribution >= 4 is 6.29 Å². The molecule has 0 saturated heterocycles. The van der Waals surface area contributed by atoms with E-state index < -0.39 is 11.5 Å². The third-order valence-corrected chi connectivity index (χ3v) is 13.0. The maximum atomic E-state index is 12.6. The Labute approximate surface area is 201 Å². The van der Waals surface area contributed by atoms with Gasteiger partial charge < -0.3 is 15.0 Å². The normalized spacial score (nSPS) is 54.7. The molecule has 5 aliphatic carbocycles. The molecule has 4 fully saturated rings. The molecule has 0 aromatic carbocycles. The van der Waals surface area contributed by atoms with Gasteiger partial charge in [0.25, 0.3) is 0 Å². The van der Waals surface area contributed by atoms with Crippen LogP contribution in [0.25, 0.3) is 0 Å². The Morgan fingerprint density at radius 1 is 0.848 bits per heavy atom. The van der Waals surface area contributed by atoms with Crippen LogP contribution < -0.4 is 0 Å². The molecule has 0 radical (unpaired) electrons. The lowest BCUT2D eigenvalue weighted by atomic mass is 9.33. The van der Waals surface area contributed by atoms with Crippen LogP contribution in [0.4, 0.5) is 0 Å². The lowest BCUT2D eigenvalue weighted by Crippen LogP contribution is -2.66. The number of rotatable bonds is 1. The van der Waals surface area contributed by atoms with E-state index in [2.05, 4.69) is 54.5 Å². The van der Waals surface area contributed by atoms with Gasteiger partial charge in [0.2, 0.25) is 0 Å². The lowest BCUT2D eigenvalue weighted by molar-refractivity contribution is -0.213. The van der Waals surface area contributed by atoms with E-state index in [4.69, 9.17) is 0 Å². The van der Waals surface area contributed by atoms with Crippen molar-refractivity contribution in [2.24, 2.45) is 50.2 Å². The molecule has 0 heterocycles. The zero-order chi connectivity index (χ0) is 24.2. The summed E-state index contributed by atoms with van der Waals surface area (Å²) in [4.78, 5) is 12.6. The molecule has 5 aliphatic rings. The zero-order valence-corrected chi connectivity index (χ0v) is 22.2. The Bertz CT molecular complexity index is 872. The average molecular weight is 457 g/mol. The number of aldehydes is 1.